The Morgan fingerprint density at radius 1 is 1.25 bits per heavy atom. The van der Waals surface area contributed by atoms with Gasteiger partial charge in [-0.2, -0.15) is 0 Å². The lowest BCUT2D eigenvalue weighted by atomic mass is 10.1. The van der Waals surface area contributed by atoms with Gasteiger partial charge in [0.25, 0.3) is 0 Å². The minimum Gasteiger partial charge on any atom is -0.508 e. The average molecular weight is 217 g/mol. The van der Waals surface area contributed by atoms with Gasteiger partial charge >= 0.3 is 5.97 Å². The predicted molar refractivity (Wildman–Crippen MR) is 59.2 cm³/mol. The number of nitrogens with one attached hydrogen (secondary N) is 1. The second kappa shape index (κ2) is 4.10. The molecule has 1 aromatic heterocycles. The van der Waals surface area contributed by atoms with Crippen molar-refractivity contribution in [3.8, 4) is 16.9 Å². The van der Waals surface area contributed by atoms with Crippen LogP contribution in [0.15, 0.2) is 36.5 Å². The van der Waals surface area contributed by atoms with Crippen molar-refractivity contribution in [2.24, 2.45) is 0 Å². The quantitative estimate of drug-likeness (QED) is 0.758. The van der Waals surface area contributed by atoms with Crippen molar-refractivity contribution in [3.63, 3.8) is 0 Å². The van der Waals surface area contributed by atoms with Gasteiger partial charge in [-0.05, 0) is 23.8 Å². The van der Waals surface area contributed by atoms with Crippen LogP contribution in [0.5, 0.6) is 5.75 Å². The van der Waals surface area contributed by atoms with Gasteiger partial charge in [-0.25, -0.2) is 4.79 Å². The Labute approximate surface area is 92.5 Å². The van der Waals surface area contributed by atoms with E-state index in [1.807, 2.05) is 0 Å². The normalized spacial score (nSPS) is 10.1. The smallest absolute Gasteiger partial charge is 0.355 e. The molecule has 0 atom stereocenters. The molecule has 82 valence electrons. The molecule has 2 N–H and O–H groups in total. The van der Waals surface area contributed by atoms with Crippen LogP contribution < -0.4 is 0 Å². The summed E-state index contributed by atoms with van der Waals surface area (Å²) in [5.41, 5.74) is 2.01. The lowest BCUT2D eigenvalue weighted by Gasteiger charge is -2.02. The number of aromatic nitrogens is 1. The largest absolute Gasteiger partial charge is 0.508 e. The molecule has 4 heteroatoms. The molecule has 4 nitrogen and oxygen atoms in total. The third-order valence-electron chi connectivity index (χ3n) is 2.31. The standard InChI is InChI=1S/C12H11NO3/c1-16-12(15)11-10(6-7-13-11)8-2-4-9(14)5-3-8/h2-7,13-14H,1H3. The molecular weight excluding hydrogens is 206 g/mol. The van der Waals surface area contributed by atoms with Gasteiger partial charge in [0, 0.05) is 11.8 Å². The van der Waals surface area contributed by atoms with E-state index in [1.165, 1.54) is 7.11 Å². The van der Waals surface area contributed by atoms with Gasteiger partial charge in [0.05, 0.1) is 7.11 Å². The number of aromatic amines is 1. The molecule has 0 aliphatic heterocycles. The van der Waals surface area contributed by atoms with Crippen LogP contribution in [0.4, 0.5) is 0 Å². The van der Waals surface area contributed by atoms with Gasteiger partial charge < -0.3 is 14.8 Å². The molecule has 0 radical (unpaired) electrons. The van der Waals surface area contributed by atoms with Crippen molar-refractivity contribution in [3.05, 3.63) is 42.2 Å². The Morgan fingerprint density at radius 2 is 1.94 bits per heavy atom. The first kappa shape index (κ1) is 10.3. The Hall–Kier alpha value is -2.23. The summed E-state index contributed by atoms with van der Waals surface area (Å²) in [4.78, 5) is 14.3. The number of ether oxygens (including phenoxy) is 1. The molecule has 0 aliphatic carbocycles. The monoisotopic (exact) mass is 217 g/mol. The minimum absolute atomic E-state index is 0.193. The molecule has 0 amide bonds. The van der Waals surface area contributed by atoms with Crippen LogP contribution in [0.25, 0.3) is 11.1 Å². The molecule has 0 fully saturated rings. The van der Waals surface area contributed by atoms with E-state index in [1.54, 1.807) is 36.5 Å². The van der Waals surface area contributed by atoms with E-state index in [0.29, 0.717) is 5.69 Å². The molecular formula is C12H11NO3. The summed E-state index contributed by atoms with van der Waals surface area (Å²) in [5, 5.41) is 9.18. The van der Waals surface area contributed by atoms with E-state index in [4.69, 9.17) is 0 Å². The van der Waals surface area contributed by atoms with Crippen molar-refractivity contribution < 1.29 is 14.6 Å². The molecule has 0 aliphatic rings. The van der Waals surface area contributed by atoms with Gasteiger partial charge in [-0.1, -0.05) is 12.1 Å². The van der Waals surface area contributed by atoms with Crippen molar-refractivity contribution in [1.82, 2.24) is 4.98 Å². The number of carbonyl (C=O) groups excluding carboxylic acids is 1. The summed E-state index contributed by atoms with van der Waals surface area (Å²) in [6.45, 7) is 0. The maximum absolute atomic E-state index is 11.4. The highest BCUT2D eigenvalue weighted by atomic mass is 16.5. The van der Waals surface area contributed by atoms with E-state index < -0.39 is 5.97 Å². The van der Waals surface area contributed by atoms with E-state index in [-0.39, 0.29) is 5.75 Å². The lowest BCUT2D eigenvalue weighted by Crippen LogP contribution is -2.03. The molecule has 2 aromatic rings. The molecule has 0 saturated heterocycles. The third-order valence-corrected chi connectivity index (χ3v) is 2.31. The Kier molecular flexibility index (Phi) is 2.64. The van der Waals surface area contributed by atoms with Crippen LogP contribution in [-0.4, -0.2) is 23.2 Å². The molecule has 1 heterocycles. The van der Waals surface area contributed by atoms with Gasteiger partial charge in [-0.15, -0.1) is 0 Å². The molecule has 0 saturated carbocycles. The van der Waals surface area contributed by atoms with Crippen molar-refractivity contribution in [2.45, 2.75) is 0 Å². The highest BCUT2D eigenvalue weighted by Gasteiger charge is 2.13. The highest BCUT2D eigenvalue weighted by Crippen LogP contribution is 2.25. The van der Waals surface area contributed by atoms with Crippen LogP contribution in [0.1, 0.15) is 10.5 Å². The fraction of sp³-hybridized carbons (Fsp3) is 0.0833. The fourth-order valence-corrected chi connectivity index (χ4v) is 1.52. The van der Waals surface area contributed by atoms with Gasteiger partial charge in [-0.3, -0.25) is 0 Å². The number of hydrogen-bond donors (Lipinski definition) is 2. The van der Waals surface area contributed by atoms with Crippen LogP contribution >= 0.6 is 0 Å². The molecule has 2 rings (SSSR count). The number of phenols is 1. The number of benzene rings is 1. The summed E-state index contributed by atoms with van der Waals surface area (Å²) in [6.07, 6.45) is 1.68. The topological polar surface area (TPSA) is 62.3 Å². The fourth-order valence-electron chi connectivity index (χ4n) is 1.52. The summed E-state index contributed by atoms with van der Waals surface area (Å²) in [5.74, 6) is -0.216. The predicted octanol–water partition coefficient (Wildman–Crippen LogP) is 2.17. The van der Waals surface area contributed by atoms with Crippen molar-refractivity contribution in [2.75, 3.05) is 7.11 Å². The van der Waals surface area contributed by atoms with Crippen LogP contribution in [0, 0.1) is 0 Å². The van der Waals surface area contributed by atoms with Crippen molar-refractivity contribution in [1.29, 1.82) is 0 Å². The molecule has 0 spiro atoms. The number of rotatable bonds is 2. The van der Waals surface area contributed by atoms with Crippen LogP contribution in [0.2, 0.25) is 0 Å². The van der Waals surface area contributed by atoms with Gasteiger partial charge in [0.2, 0.25) is 0 Å². The van der Waals surface area contributed by atoms with Crippen molar-refractivity contribution >= 4 is 5.97 Å². The SMILES string of the molecule is COC(=O)c1[nH]ccc1-c1ccc(O)cc1. The van der Waals surface area contributed by atoms with E-state index >= 15 is 0 Å². The Morgan fingerprint density at radius 3 is 2.56 bits per heavy atom. The maximum atomic E-state index is 11.4. The first-order valence-corrected chi connectivity index (χ1v) is 4.77. The number of aromatic hydroxyl groups is 1. The lowest BCUT2D eigenvalue weighted by molar-refractivity contribution is 0.0596. The molecule has 0 bridgehead atoms. The molecule has 16 heavy (non-hydrogen) atoms. The number of esters is 1. The zero-order valence-electron chi connectivity index (χ0n) is 8.73. The number of carbonyl (C=O) groups is 1. The van der Waals surface area contributed by atoms with Gasteiger partial charge in [0.1, 0.15) is 11.4 Å². The number of phenolic OH excluding ortho intramolecular Hbond substituents is 1. The third kappa shape index (κ3) is 1.77. The Balaban J connectivity index is 2.44. The van der Waals surface area contributed by atoms with Gasteiger partial charge in [0.15, 0.2) is 0 Å². The molecule has 0 unspecified atom stereocenters. The van der Waals surface area contributed by atoms with Crippen LogP contribution in [0.3, 0.4) is 0 Å². The number of methoxy groups -OCH3 is 1. The summed E-state index contributed by atoms with van der Waals surface area (Å²) in [6, 6.07) is 8.42. The second-order valence-corrected chi connectivity index (χ2v) is 3.30. The number of hydrogen-bond acceptors (Lipinski definition) is 3. The summed E-state index contributed by atoms with van der Waals surface area (Å²) >= 11 is 0. The first-order valence-electron chi connectivity index (χ1n) is 4.77. The summed E-state index contributed by atoms with van der Waals surface area (Å²) < 4.78 is 4.66. The first-order chi connectivity index (χ1) is 7.72. The molecule has 1 aromatic carbocycles. The summed E-state index contributed by atoms with van der Waals surface area (Å²) in [7, 11) is 1.34. The van der Waals surface area contributed by atoms with E-state index in [2.05, 4.69) is 9.72 Å². The minimum atomic E-state index is -0.409. The highest BCUT2D eigenvalue weighted by molar-refractivity contribution is 5.95. The average Bonchev–Trinajstić information content (AvgIpc) is 2.78. The zero-order valence-corrected chi connectivity index (χ0v) is 8.73. The maximum Gasteiger partial charge on any atom is 0.355 e. The zero-order chi connectivity index (χ0) is 11.5. The van der Waals surface area contributed by atoms with E-state index in [9.17, 15) is 9.90 Å². The van der Waals surface area contributed by atoms with E-state index in [0.717, 1.165) is 11.1 Å². The Bertz CT molecular complexity index is 499. The van der Waals surface area contributed by atoms with Crippen LogP contribution in [-0.2, 0) is 4.74 Å². The second-order valence-electron chi connectivity index (χ2n) is 3.30. The number of H-pyrrole nitrogens is 1.